The van der Waals surface area contributed by atoms with E-state index in [0.29, 0.717) is 0 Å². The Kier molecular flexibility index (Phi) is 5.07. The highest BCUT2D eigenvalue weighted by molar-refractivity contribution is 4.95. The molecular weight excluding hydrogens is 186 g/mol. The predicted molar refractivity (Wildman–Crippen MR) is 64.9 cm³/mol. The zero-order chi connectivity index (χ0) is 11.3. The molecule has 1 aliphatic carbocycles. The molecule has 2 heteroatoms. The summed E-state index contributed by atoms with van der Waals surface area (Å²) in [4.78, 5) is 0. The normalized spacial score (nSPS) is 34.0. The minimum atomic E-state index is -0.0115. The van der Waals surface area contributed by atoms with Gasteiger partial charge in [0.2, 0.25) is 0 Å². The van der Waals surface area contributed by atoms with Gasteiger partial charge >= 0.3 is 0 Å². The van der Waals surface area contributed by atoms with E-state index in [1.165, 1.54) is 12.8 Å². The highest BCUT2D eigenvalue weighted by Crippen LogP contribution is 2.38. The summed E-state index contributed by atoms with van der Waals surface area (Å²) >= 11 is 0. The van der Waals surface area contributed by atoms with Crippen molar-refractivity contribution >= 4 is 0 Å². The van der Waals surface area contributed by atoms with Crippen molar-refractivity contribution in [3.05, 3.63) is 0 Å². The molecule has 0 bridgehead atoms. The molecular formula is C13H27NO. The summed E-state index contributed by atoms with van der Waals surface area (Å²) in [5.74, 6) is 0.771. The summed E-state index contributed by atoms with van der Waals surface area (Å²) < 4.78 is 6.03. The number of rotatable bonds is 5. The largest absolute Gasteiger partial charge is 0.374 e. The SMILES string of the molecule is CCC[C@@H](N)C1(OCC)CCCC(C)C1. The third kappa shape index (κ3) is 3.18. The summed E-state index contributed by atoms with van der Waals surface area (Å²) in [6.45, 7) is 7.40. The van der Waals surface area contributed by atoms with Gasteiger partial charge in [-0.3, -0.25) is 0 Å². The van der Waals surface area contributed by atoms with E-state index in [4.69, 9.17) is 10.5 Å². The van der Waals surface area contributed by atoms with Gasteiger partial charge in [-0.05, 0) is 32.1 Å². The van der Waals surface area contributed by atoms with E-state index in [2.05, 4.69) is 20.8 Å². The lowest BCUT2D eigenvalue weighted by Gasteiger charge is -2.44. The van der Waals surface area contributed by atoms with E-state index in [1.807, 2.05) is 0 Å². The Morgan fingerprint density at radius 1 is 1.47 bits per heavy atom. The molecule has 2 unspecified atom stereocenters. The average molecular weight is 213 g/mol. The Labute approximate surface area is 94.6 Å². The molecule has 1 fully saturated rings. The van der Waals surface area contributed by atoms with Crippen LogP contribution in [0.1, 0.15) is 59.3 Å². The zero-order valence-corrected chi connectivity index (χ0v) is 10.6. The maximum Gasteiger partial charge on any atom is 0.0835 e. The number of ether oxygens (including phenoxy) is 1. The molecule has 2 N–H and O–H groups in total. The zero-order valence-electron chi connectivity index (χ0n) is 10.6. The van der Waals surface area contributed by atoms with Crippen molar-refractivity contribution in [1.29, 1.82) is 0 Å². The van der Waals surface area contributed by atoms with Crippen LogP contribution in [-0.4, -0.2) is 18.2 Å². The fourth-order valence-electron chi connectivity index (χ4n) is 2.98. The molecule has 0 amide bonds. The lowest BCUT2D eigenvalue weighted by Crippen LogP contribution is -2.52. The van der Waals surface area contributed by atoms with Crippen LogP contribution in [0, 0.1) is 5.92 Å². The fourth-order valence-corrected chi connectivity index (χ4v) is 2.98. The van der Waals surface area contributed by atoms with Crippen LogP contribution in [0.4, 0.5) is 0 Å². The summed E-state index contributed by atoms with van der Waals surface area (Å²) in [6.07, 6.45) is 7.18. The Balaban J connectivity index is 2.67. The van der Waals surface area contributed by atoms with Crippen molar-refractivity contribution in [3.8, 4) is 0 Å². The Morgan fingerprint density at radius 3 is 2.73 bits per heavy atom. The molecule has 1 aliphatic rings. The maximum absolute atomic E-state index is 6.32. The molecule has 0 aromatic heterocycles. The van der Waals surface area contributed by atoms with Crippen LogP contribution in [0.25, 0.3) is 0 Å². The second kappa shape index (κ2) is 5.86. The van der Waals surface area contributed by atoms with Crippen LogP contribution in [0.2, 0.25) is 0 Å². The van der Waals surface area contributed by atoms with E-state index in [0.717, 1.165) is 38.2 Å². The monoisotopic (exact) mass is 213 g/mol. The third-order valence-electron chi connectivity index (χ3n) is 3.70. The van der Waals surface area contributed by atoms with Gasteiger partial charge in [0.25, 0.3) is 0 Å². The molecule has 90 valence electrons. The third-order valence-corrected chi connectivity index (χ3v) is 3.70. The fraction of sp³-hybridized carbons (Fsp3) is 1.00. The van der Waals surface area contributed by atoms with Crippen LogP contribution < -0.4 is 5.73 Å². The highest BCUT2D eigenvalue weighted by atomic mass is 16.5. The van der Waals surface area contributed by atoms with Gasteiger partial charge in [-0.15, -0.1) is 0 Å². The van der Waals surface area contributed by atoms with Gasteiger partial charge in [0.05, 0.1) is 5.60 Å². The van der Waals surface area contributed by atoms with E-state index in [9.17, 15) is 0 Å². The highest BCUT2D eigenvalue weighted by Gasteiger charge is 2.40. The minimum absolute atomic E-state index is 0.0115. The molecule has 1 rings (SSSR count). The molecule has 2 nitrogen and oxygen atoms in total. The van der Waals surface area contributed by atoms with Crippen LogP contribution in [0.5, 0.6) is 0 Å². The molecule has 15 heavy (non-hydrogen) atoms. The molecule has 0 aliphatic heterocycles. The molecule has 0 radical (unpaired) electrons. The lowest BCUT2D eigenvalue weighted by molar-refractivity contribution is -0.0941. The predicted octanol–water partition coefficient (Wildman–Crippen LogP) is 3.10. The van der Waals surface area contributed by atoms with Crippen molar-refractivity contribution in [2.24, 2.45) is 11.7 Å². The Bertz CT molecular complexity index is 179. The first-order chi connectivity index (χ1) is 7.14. The quantitative estimate of drug-likeness (QED) is 0.761. The van der Waals surface area contributed by atoms with Gasteiger partial charge in [-0.1, -0.05) is 33.1 Å². The van der Waals surface area contributed by atoms with Crippen molar-refractivity contribution in [2.45, 2.75) is 70.9 Å². The van der Waals surface area contributed by atoms with Gasteiger partial charge in [0, 0.05) is 12.6 Å². The number of hydrogen-bond donors (Lipinski definition) is 1. The van der Waals surface area contributed by atoms with E-state index >= 15 is 0 Å². The second-order valence-electron chi connectivity index (χ2n) is 5.09. The molecule has 0 saturated heterocycles. The van der Waals surface area contributed by atoms with Gasteiger partial charge in [0.15, 0.2) is 0 Å². The first kappa shape index (κ1) is 13.0. The van der Waals surface area contributed by atoms with Crippen LogP contribution >= 0.6 is 0 Å². The van der Waals surface area contributed by atoms with E-state index < -0.39 is 0 Å². The molecule has 0 aromatic carbocycles. The van der Waals surface area contributed by atoms with Crippen LogP contribution in [-0.2, 0) is 4.74 Å². The number of nitrogens with two attached hydrogens (primary N) is 1. The maximum atomic E-state index is 6.32. The average Bonchev–Trinajstić information content (AvgIpc) is 2.18. The summed E-state index contributed by atoms with van der Waals surface area (Å²) in [5.41, 5.74) is 6.31. The summed E-state index contributed by atoms with van der Waals surface area (Å²) in [5, 5.41) is 0. The van der Waals surface area contributed by atoms with E-state index in [-0.39, 0.29) is 11.6 Å². The molecule has 0 aromatic rings. The first-order valence-corrected chi connectivity index (χ1v) is 6.54. The molecule has 0 spiro atoms. The van der Waals surface area contributed by atoms with Gasteiger partial charge in [-0.2, -0.15) is 0 Å². The van der Waals surface area contributed by atoms with Crippen molar-refractivity contribution in [2.75, 3.05) is 6.61 Å². The topological polar surface area (TPSA) is 35.2 Å². The lowest BCUT2D eigenvalue weighted by atomic mass is 9.73. The van der Waals surface area contributed by atoms with E-state index in [1.54, 1.807) is 0 Å². The second-order valence-corrected chi connectivity index (χ2v) is 5.09. The van der Waals surface area contributed by atoms with Crippen molar-refractivity contribution < 1.29 is 4.74 Å². The summed E-state index contributed by atoms with van der Waals surface area (Å²) in [6, 6.07) is 0.227. The standard InChI is InChI=1S/C13H27NO/c1-4-7-12(14)13(15-5-2)9-6-8-11(3)10-13/h11-12H,4-10,14H2,1-3H3/t11?,12-,13?/m1/s1. The Hall–Kier alpha value is -0.0800. The number of hydrogen-bond acceptors (Lipinski definition) is 2. The molecule has 0 heterocycles. The first-order valence-electron chi connectivity index (χ1n) is 6.54. The Morgan fingerprint density at radius 2 is 2.20 bits per heavy atom. The molecule has 1 saturated carbocycles. The van der Waals surface area contributed by atoms with Crippen LogP contribution in [0.3, 0.4) is 0 Å². The molecule has 3 atom stereocenters. The minimum Gasteiger partial charge on any atom is -0.374 e. The van der Waals surface area contributed by atoms with Gasteiger partial charge in [0.1, 0.15) is 0 Å². The van der Waals surface area contributed by atoms with Crippen LogP contribution in [0.15, 0.2) is 0 Å². The van der Waals surface area contributed by atoms with Crippen molar-refractivity contribution in [1.82, 2.24) is 0 Å². The van der Waals surface area contributed by atoms with Gasteiger partial charge < -0.3 is 10.5 Å². The van der Waals surface area contributed by atoms with Gasteiger partial charge in [-0.25, -0.2) is 0 Å². The summed E-state index contributed by atoms with van der Waals surface area (Å²) in [7, 11) is 0. The smallest absolute Gasteiger partial charge is 0.0835 e. The van der Waals surface area contributed by atoms with Crippen molar-refractivity contribution in [3.63, 3.8) is 0 Å².